The second-order valence-corrected chi connectivity index (χ2v) is 55.0. The van der Waals surface area contributed by atoms with Crippen LogP contribution in [0.1, 0.15) is 0 Å². The van der Waals surface area contributed by atoms with Gasteiger partial charge in [-0.2, -0.15) is 0 Å². The molecule has 0 N–H and O–H groups in total. The third kappa shape index (κ3) is 6.47. The first kappa shape index (κ1) is 41.9. The Kier molecular flexibility index (Phi) is 19.2. The van der Waals surface area contributed by atoms with Crippen LogP contribution in [-0.4, -0.2) is 16.5 Å². The number of alkyl halides is 19. The maximum absolute atomic E-state index is 15.0. The summed E-state index contributed by atoms with van der Waals surface area (Å²) in [5.41, 5.74) is 0. The van der Waals surface area contributed by atoms with Crippen molar-refractivity contribution in [2.45, 2.75) is 16.5 Å². The third-order valence-corrected chi connectivity index (χ3v) is 71.7. The molecule has 1 radical (unpaired) electrons. The first-order valence-corrected chi connectivity index (χ1v) is 26.8. The molecule has 0 saturated heterocycles. The number of rotatable bonds is 0. The van der Waals surface area contributed by atoms with Crippen LogP contribution in [0.2, 0.25) is 0 Å². The maximum atomic E-state index is 15.0. The zero-order chi connectivity index (χ0) is 25.0. The topological polar surface area (TPSA) is 19.9 Å². The van der Waals surface area contributed by atoms with Gasteiger partial charge in [0.15, 0.2) is 0 Å². The monoisotopic (exact) mass is 2550 g/mol. The van der Waals surface area contributed by atoms with Gasteiger partial charge in [0.05, 0.1) is 0 Å². The van der Waals surface area contributed by atoms with Crippen LogP contribution < -0.4 is 0 Å². The maximum Gasteiger partial charge on any atom is 0.205 e. The molecule has 179 valence electrons. The minimum absolute atomic E-state index is 0.160. The molecular weight excluding hydrogens is 2550 g/mol. The van der Waals surface area contributed by atoms with Gasteiger partial charge in [-0.25, -0.2) is 5.11 Å². The van der Waals surface area contributed by atoms with E-state index in [1.807, 2.05) is 0 Å². The molecule has 1 aliphatic carbocycles. The van der Waals surface area contributed by atoms with Gasteiger partial charge in [-0.15, -0.1) is 0 Å². The van der Waals surface area contributed by atoms with E-state index in [4.69, 9.17) is 0 Å². The van der Waals surface area contributed by atoms with Gasteiger partial charge in [-0.3, -0.25) is 0 Å². The lowest BCUT2D eigenvalue weighted by Gasteiger charge is -2.64. The van der Waals surface area contributed by atoms with E-state index in [2.05, 4.69) is 429 Å². The van der Waals surface area contributed by atoms with Gasteiger partial charge < -0.3 is 0 Å². The van der Waals surface area contributed by atoms with Crippen LogP contribution in [0, 0.1) is 0 Å². The summed E-state index contributed by atoms with van der Waals surface area (Å²) >= 11 is 49.1. The van der Waals surface area contributed by atoms with E-state index in [9.17, 15) is 5.11 Å². The van der Waals surface area contributed by atoms with Crippen molar-refractivity contribution in [1.82, 2.24) is 0 Å². The van der Waals surface area contributed by atoms with E-state index < -0.39 is 6.46 Å². The molecule has 1 nitrogen and oxygen atoms in total. The predicted molar refractivity (Wildman–Crippen MR) is 294 cm³/mol. The molecule has 0 bridgehead atoms. The Balaban J connectivity index is 4.35. The normalized spacial score (nSPS) is 34.0. The minimum Gasteiger partial charge on any atom is -0.213 e. The molecule has 0 aromatic rings. The number of halogens is 19. The molecule has 1 aliphatic rings. The average Bonchev–Trinajstić information content (AvgIpc) is 2.51. The highest BCUT2D eigenvalue weighted by Crippen LogP contribution is 2.84. The van der Waals surface area contributed by atoms with Crippen molar-refractivity contribution in [1.29, 1.82) is 0 Å². The van der Waals surface area contributed by atoms with Crippen LogP contribution in [0.4, 0.5) is 0 Å². The molecule has 0 amide bonds. The average molecular weight is 2550 g/mol. The van der Waals surface area contributed by atoms with Gasteiger partial charge in [0.2, 0.25) is 3.61 Å². The number of hydrogen-bond donors (Lipinski definition) is 0. The highest BCUT2D eigenvalue weighted by Gasteiger charge is 2.85. The lowest BCUT2D eigenvalue weighted by atomic mass is 9.98. The van der Waals surface area contributed by atoms with Crippen molar-refractivity contribution < 1.29 is 5.11 Å². The summed E-state index contributed by atoms with van der Waals surface area (Å²) in [6, 6.07) is 0. The van der Waals surface area contributed by atoms with E-state index in [0.717, 1.165) is 0 Å². The molecular formula is C10I19O. The predicted octanol–water partition coefficient (Wildman–Crippen LogP) is 14.7. The molecule has 0 atom stereocenters. The second-order valence-electron chi connectivity index (χ2n) is 5.76. The van der Waals surface area contributed by atoms with Crippen LogP contribution in [0.15, 0.2) is 0 Å². The van der Waals surface area contributed by atoms with Crippen molar-refractivity contribution in [3.63, 3.8) is 0 Å². The molecule has 0 aromatic heterocycles. The van der Waals surface area contributed by atoms with Gasteiger partial charge in [0.1, 0.15) is 12.9 Å². The summed E-state index contributed by atoms with van der Waals surface area (Å²) < 4.78 is -4.28. The molecule has 30 heavy (non-hydrogen) atoms. The fourth-order valence-electron chi connectivity index (χ4n) is 1.98. The zero-order valence-corrected chi connectivity index (χ0v) is 53.6. The van der Waals surface area contributed by atoms with E-state index in [1.165, 1.54) is 0 Å². The fraction of sp³-hybridized carbons (Fsp3) is 1.00. The highest BCUT2D eigenvalue weighted by atomic mass is 127. The summed E-state index contributed by atoms with van der Waals surface area (Å²) in [7, 11) is 0. The SMILES string of the molecule is [O]C1(I)C(I)(I)C(I)(I)C(I)(I)C(I)(I)C(I)(I)C(I)(I)C(I)(I)C(I)(I)C1(I)I. The van der Waals surface area contributed by atoms with E-state index in [1.54, 1.807) is 0 Å². The molecule has 0 aliphatic heterocycles. The summed E-state index contributed by atoms with van der Waals surface area (Å²) in [4.78, 5) is 0. The van der Waals surface area contributed by atoms with Crippen molar-refractivity contribution in [3.05, 3.63) is 0 Å². The fourth-order valence-corrected chi connectivity index (χ4v) is 35.8. The van der Waals surface area contributed by atoms with Crippen molar-refractivity contribution in [2.24, 2.45) is 0 Å². The Bertz CT molecular complexity index is 463. The Morgan fingerprint density at radius 2 is 0.333 bits per heavy atom. The molecule has 1 fully saturated rings. The standard InChI is InChI=1S/C10I19O/c11-1(12)2(13,14)4(17,18)6(21,22)8(25,26)10(29,30)9(27,28)7(23,24)5(19,20)3(1,15)16. The van der Waals surface area contributed by atoms with Gasteiger partial charge in [0, 0.05) is 0 Å². The van der Waals surface area contributed by atoms with E-state index in [0.29, 0.717) is 0 Å². The largest absolute Gasteiger partial charge is 0.213 e. The highest BCUT2D eigenvalue weighted by molar-refractivity contribution is 14.2. The van der Waals surface area contributed by atoms with E-state index >= 15 is 0 Å². The van der Waals surface area contributed by atoms with Crippen LogP contribution in [0.5, 0.6) is 0 Å². The van der Waals surface area contributed by atoms with Crippen molar-refractivity contribution in [3.8, 4) is 0 Å². The Hall–Kier alpha value is 13.8. The second kappa shape index (κ2) is 13.7. The lowest BCUT2D eigenvalue weighted by molar-refractivity contribution is 0.0652. The quantitative estimate of drug-likeness (QED) is 0.170. The molecule has 1 saturated carbocycles. The zero-order valence-electron chi connectivity index (χ0n) is 12.6. The van der Waals surface area contributed by atoms with E-state index in [-0.39, 0.29) is 10.00 Å². The summed E-state index contributed by atoms with van der Waals surface area (Å²) in [6.07, 6.45) is 0. The minimum atomic E-state index is -1.28. The molecule has 0 spiro atoms. The first-order valence-electron chi connectivity index (χ1n) is 6.29. The Morgan fingerprint density at radius 3 is 0.467 bits per heavy atom. The summed E-state index contributed by atoms with van der Waals surface area (Å²) in [6.45, 7) is 0. The third-order valence-electron chi connectivity index (χ3n) is 3.96. The lowest BCUT2D eigenvalue weighted by Crippen LogP contribution is -2.76. The van der Waals surface area contributed by atoms with Crippen LogP contribution >= 0.6 is 429 Å². The van der Waals surface area contributed by atoms with Gasteiger partial charge in [-0.1, -0.05) is 407 Å². The summed E-state index contributed by atoms with van der Waals surface area (Å²) in [5.74, 6) is 0. The van der Waals surface area contributed by atoms with Gasteiger partial charge in [0.25, 0.3) is 0 Å². The number of hydrogen-bond acceptors (Lipinski definition) is 0. The van der Waals surface area contributed by atoms with Crippen LogP contribution in [-0.2, 0) is 5.11 Å². The molecule has 1 rings (SSSR count). The van der Waals surface area contributed by atoms with Crippen LogP contribution in [0.25, 0.3) is 0 Å². The first-order chi connectivity index (χ1) is 12.5. The van der Waals surface area contributed by atoms with Gasteiger partial charge >= 0.3 is 0 Å². The molecule has 0 heterocycles. The van der Waals surface area contributed by atoms with Crippen LogP contribution in [0.3, 0.4) is 0 Å². The molecule has 0 unspecified atom stereocenters. The van der Waals surface area contributed by atoms with Crippen molar-refractivity contribution in [2.75, 3.05) is 0 Å². The molecule has 20 heteroatoms. The smallest absolute Gasteiger partial charge is 0.205 e. The molecule has 0 aromatic carbocycles. The van der Waals surface area contributed by atoms with Crippen molar-refractivity contribution >= 4 is 429 Å². The summed E-state index contributed by atoms with van der Waals surface area (Å²) in [5, 5.41) is 15.0. The van der Waals surface area contributed by atoms with Gasteiger partial charge in [-0.05, 0) is 22.6 Å². The Morgan fingerprint density at radius 1 is 0.233 bits per heavy atom. The Labute approximate surface area is 436 Å².